The summed E-state index contributed by atoms with van der Waals surface area (Å²) >= 11 is 0. The van der Waals surface area contributed by atoms with Crippen molar-refractivity contribution >= 4 is 11.8 Å². The van der Waals surface area contributed by atoms with E-state index in [0.29, 0.717) is 37.8 Å². The van der Waals surface area contributed by atoms with Crippen LogP contribution >= 0.6 is 0 Å². The van der Waals surface area contributed by atoms with Crippen molar-refractivity contribution in [2.24, 2.45) is 0 Å². The van der Waals surface area contributed by atoms with E-state index in [0.717, 1.165) is 24.5 Å². The van der Waals surface area contributed by atoms with E-state index < -0.39 is 0 Å². The molecule has 132 valence electrons. The predicted molar refractivity (Wildman–Crippen MR) is 94.3 cm³/mol. The molecule has 1 aliphatic rings. The number of amides is 2. The lowest BCUT2D eigenvalue weighted by molar-refractivity contribution is 0.195. The maximum absolute atomic E-state index is 11.9. The van der Waals surface area contributed by atoms with Crippen molar-refractivity contribution in [3.05, 3.63) is 36.9 Å². The molecule has 25 heavy (non-hydrogen) atoms. The summed E-state index contributed by atoms with van der Waals surface area (Å²) in [6.07, 6.45) is 4.14. The van der Waals surface area contributed by atoms with E-state index in [1.54, 1.807) is 17.2 Å². The van der Waals surface area contributed by atoms with Gasteiger partial charge in [-0.05, 0) is 12.1 Å². The molecule has 2 aromatic rings. The number of piperazine rings is 1. The van der Waals surface area contributed by atoms with Crippen LogP contribution in [0.3, 0.4) is 0 Å². The molecular weight excluding hydrogens is 320 g/mol. The van der Waals surface area contributed by atoms with E-state index in [1.165, 1.54) is 0 Å². The lowest BCUT2D eigenvalue weighted by Gasteiger charge is -2.35. The van der Waals surface area contributed by atoms with Gasteiger partial charge in [0.05, 0.1) is 0 Å². The van der Waals surface area contributed by atoms with Gasteiger partial charge in [0.15, 0.2) is 0 Å². The number of carbonyl (C=O) groups excluding carboxylic acids is 1. The summed E-state index contributed by atoms with van der Waals surface area (Å²) < 4.78 is 5.13. The SMILES string of the molecule is C=CCNC(=O)N1CCN(c2ccc(-c3noc(CC)n3)cn2)CC1. The number of hydrogen-bond donors (Lipinski definition) is 1. The van der Waals surface area contributed by atoms with Crippen LogP contribution in [-0.4, -0.2) is 58.8 Å². The second-order valence-electron chi connectivity index (χ2n) is 5.72. The maximum atomic E-state index is 11.9. The molecule has 0 aliphatic carbocycles. The fourth-order valence-corrected chi connectivity index (χ4v) is 2.63. The van der Waals surface area contributed by atoms with Gasteiger partial charge in [0.2, 0.25) is 11.7 Å². The molecular formula is C17H22N6O2. The van der Waals surface area contributed by atoms with Crippen molar-refractivity contribution in [2.75, 3.05) is 37.6 Å². The smallest absolute Gasteiger partial charge is 0.317 e. The molecule has 0 radical (unpaired) electrons. The minimum absolute atomic E-state index is 0.0494. The normalized spacial score (nSPS) is 14.4. The Bertz CT molecular complexity index is 719. The van der Waals surface area contributed by atoms with E-state index >= 15 is 0 Å². The van der Waals surface area contributed by atoms with Gasteiger partial charge in [-0.15, -0.1) is 6.58 Å². The van der Waals surface area contributed by atoms with E-state index in [9.17, 15) is 4.79 Å². The molecule has 0 atom stereocenters. The Morgan fingerprint density at radius 1 is 1.36 bits per heavy atom. The van der Waals surface area contributed by atoms with Crippen molar-refractivity contribution in [1.82, 2.24) is 25.3 Å². The third kappa shape index (κ3) is 3.96. The van der Waals surface area contributed by atoms with Crippen molar-refractivity contribution in [3.63, 3.8) is 0 Å². The number of hydrogen-bond acceptors (Lipinski definition) is 6. The third-order valence-corrected chi connectivity index (χ3v) is 4.07. The standard InChI is InChI=1S/C17H22N6O2/c1-3-7-18-17(24)23-10-8-22(9-11-23)14-6-5-13(12-19-14)16-20-15(4-2)25-21-16/h3,5-6,12H,1,4,7-11H2,2H3,(H,18,24). The number of aryl methyl sites for hydroxylation is 1. The second-order valence-corrected chi connectivity index (χ2v) is 5.72. The van der Waals surface area contributed by atoms with Crippen molar-refractivity contribution in [2.45, 2.75) is 13.3 Å². The Morgan fingerprint density at radius 2 is 2.16 bits per heavy atom. The van der Waals surface area contributed by atoms with Crippen LogP contribution < -0.4 is 10.2 Å². The number of carbonyl (C=O) groups is 1. The van der Waals surface area contributed by atoms with E-state index in [-0.39, 0.29) is 6.03 Å². The molecule has 0 saturated carbocycles. The van der Waals surface area contributed by atoms with Gasteiger partial charge in [0.1, 0.15) is 5.82 Å². The summed E-state index contributed by atoms with van der Waals surface area (Å²) in [5, 5.41) is 6.76. The zero-order valence-corrected chi connectivity index (χ0v) is 14.3. The number of nitrogens with zero attached hydrogens (tertiary/aromatic N) is 5. The average Bonchev–Trinajstić information content (AvgIpc) is 3.15. The van der Waals surface area contributed by atoms with Crippen molar-refractivity contribution < 1.29 is 9.32 Å². The Morgan fingerprint density at radius 3 is 2.76 bits per heavy atom. The summed E-state index contributed by atoms with van der Waals surface area (Å²) in [4.78, 5) is 24.7. The van der Waals surface area contributed by atoms with Crippen LogP contribution in [0.15, 0.2) is 35.5 Å². The molecule has 1 saturated heterocycles. The van der Waals surface area contributed by atoms with Gasteiger partial charge >= 0.3 is 6.03 Å². The number of nitrogens with one attached hydrogen (secondary N) is 1. The summed E-state index contributed by atoms with van der Waals surface area (Å²) in [6, 6.07) is 3.84. The molecule has 3 rings (SSSR count). The predicted octanol–water partition coefficient (Wildman–Crippen LogP) is 1.71. The molecule has 8 heteroatoms. The monoisotopic (exact) mass is 342 g/mol. The fraction of sp³-hybridized carbons (Fsp3) is 0.412. The Balaban J connectivity index is 1.58. The Labute approximate surface area is 146 Å². The van der Waals surface area contributed by atoms with E-state index in [1.807, 2.05) is 19.1 Å². The fourth-order valence-electron chi connectivity index (χ4n) is 2.63. The first-order valence-electron chi connectivity index (χ1n) is 8.39. The zero-order valence-electron chi connectivity index (χ0n) is 14.3. The summed E-state index contributed by atoms with van der Waals surface area (Å²) in [5.41, 5.74) is 0.828. The first-order valence-corrected chi connectivity index (χ1v) is 8.39. The highest BCUT2D eigenvalue weighted by Crippen LogP contribution is 2.19. The quantitative estimate of drug-likeness (QED) is 0.833. The number of urea groups is 1. The van der Waals surface area contributed by atoms with E-state index in [2.05, 4.69) is 31.9 Å². The summed E-state index contributed by atoms with van der Waals surface area (Å²) in [7, 11) is 0. The van der Waals surface area contributed by atoms with Crippen molar-refractivity contribution in [1.29, 1.82) is 0 Å². The highest BCUT2D eigenvalue weighted by atomic mass is 16.5. The van der Waals surface area contributed by atoms with Gasteiger partial charge in [0.25, 0.3) is 0 Å². The van der Waals surface area contributed by atoms with Gasteiger partial charge in [0, 0.05) is 50.9 Å². The molecule has 0 unspecified atom stereocenters. The molecule has 8 nitrogen and oxygen atoms in total. The second kappa shape index (κ2) is 7.78. The molecule has 3 heterocycles. The summed E-state index contributed by atoms with van der Waals surface area (Å²) in [6.45, 7) is 8.87. The van der Waals surface area contributed by atoms with Gasteiger partial charge in [-0.1, -0.05) is 18.2 Å². The molecule has 0 spiro atoms. The van der Waals surface area contributed by atoms with Crippen LogP contribution in [-0.2, 0) is 6.42 Å². The van der Waals surface area contributed by atoms with Crippen LogP contribution in [0.1, 0.15) is 12.8 Å². The minimum Gasteiger partial charge on any atom is -0.353 e. The number of pyridine rings is 1. The number of rotatable bonds is 5. The molecule has 1 fully saturated rings. The Kier molecular flexibility index (Phi) is 5.27. The topological polar surface area (TPSA) is 87.4 Å². The lowest BCUT2D eigenvalue weighted by atomic mass is 10.2. The maximum Gasteiger partial charge on any atom is 0.317 e. The van der Waals surface area contributed by atoms with Gasteiger partial charge in [-0.3, -0.25) is 0 Å². The third-order valence-electron chi connectivity index (χ3n) is 4.07. The van der Waals surface area contributed by atoms with Crippen LogP contribution in [0, 0.1) is 0 Å². The van der Waals surface area contributed by atoms with Gasteiger partial charge < -0.3 is 19.6 Å². The molecule has 1 N–H and O–H groups in total. The largest absolute Gasteiger partial charge is 0.353 e. The van der Waals surface area contributed by atoms with Crippen LogP contribution in [0.25, 0.3) is 11.4 Å². The first-order chi connectivity index (χ1) is 12.2. The highest BCUT2D eigenvalue weighted by molar-refractivity contribution is 5.74. The Hall–Kier alpha value is -2.90. The molecule has 2 aromatic heterocycles. The van der Waals surface area contributed by atoms with Crippen LogP contribution in [0.5, 0.6) is 0 Å². The number of anilines is 1. The average molecular weight is 342 g/mol. The molecule has 1 aliphatic heterocycles. The number of aromatic nitrogens is 3. The zero-order chi connectivity index (χ0) is 17.6. The van der Waals surface area contributed by atoms with Crippen molar-refractivity contribution in [3.8, 4) is 11.4 Å². The van der Waals surface area contributed by atoms with Gasteiger partial charge in [-0.25, -0.2) is 9.78 Å². The highest BCUT2D eigenvalue weighted by Gasteiger charge is 2.21. The van der Waals surface area contributed by atoms with E-state index in [4.69, 9.17) is 4.52 Å². The molecule has 0 bridgehead atoms. The van der Waals surface area contributed by atoms with Crippen LogP contribution in [0.4, 0.5) is 10.6 Å². The minimum atomic E-state index is -0.0494. The lowest BCUT2D eigenvalue weighted by Crippen LogP contribution is -2.52. The molecule has 2 amide bonds. The van der Waals surface area contributed by atoms with Crippen LogP contribution in [0.2, 0.25) is 0 Å². The van der Waals surface area contributed by atoms with Gasteiger partial charge in [-0.2, -0.15) is 4.98 Å². The first kappa shape index (κ1) is 16.9. The summed E-state index contributed by atoms with van der Waals surface area (Å²) in [5.74, 6) is 2.05. The molecule has 0 aromatic carbocycles.